The van der Waals surface area contributed by atoms with Crippen LogP contribution in [0, 0.1) is 0 Å². The van der Waals surface area contributed by atoms with E-state index in [1.54, 1.807) is 0 Å². The molecular weight excluding hydrogens is 238 g/mol. The first-order valence-electron chi connectivity index (χ1n) is 5.79. The highest BCUT2D eigenvalue weighted by Crippen LogP contribution is 2.16. The summed E-state index contributed by atoms with van der Waals surface area (Å²) in [5, 5.41) is 3.13. The zero-order valence-corrected chi connectivity index (χ0v) is 11.4. The molecule has 0 saturated heterocycles. The standard InChI is InChI=1S/C12H18ClN3O/c1-5-8(4)15-12(17)10-9(13)6-14-11(16-10)7(2)3/h6-8H,5H2,1-4H3,(H,15,17). The fraction of sp³-hybridized carbons (Fsp3) is 0.583. The second-order valence-corrected chi connectivity index (χ2v) is 4.77. The van der Waals surface area contributed by atoms with Gasteiger partial charge in [-0.1, -0.05) is 32.4 Å². The lowest BCUT2D eigenvalue weighted by Crippen LogP contribution is -2.33. The highest BCUT2D eigenvalue weighted by Gasteiger charge is 2.16. The maximum atomic E-state index is 11.9. The Morgan fingerprint density at radius 2 is 2.12 bits per heavy atom. The van der Waals surface area contributed by atoms with Gasteiger partial charge in [-0.2, -0.15) is 0 Å². The third-order valence-electron chi connectivity index (χ3n) is 2.48. The number of hydrogen-bond donors (Lipinski definition) is 1. The van der Waals surface area contributed by atoms with Gasteiger partial charge in [-0.3, -0.25) is 4.79 Å². The topological polar surface area (TPSA) is 54.9 Å². The number of halogens is 1. The van der Waals surface area contributed by atoms with Gasteiger partial charge in [-0.15, -0.1) is 0 Å². The second-order valence-electron chi connectivity index (χ2n) is 4.36. The van der Waals surface area contributed by atoms with Crippen LogP contribution in [0.15, 0.2) is 6.20 Å². The average Bonchev–Trinajstić information content (AvgIpc) is 2.28. The Bertz CT molecular complexity index is 407. The maximum Gasteiger partial charge on any atom is 0.271 e. The largest absolute Gasteiger partial charge is 0.348 e. The highest BCUT2D eigenvalue weighted by atomic mass is 35.5. The molecule has 1 atom stereocenters. The summed E-state index contributed by atoms with van der Waals surface area (Å²) in [4.78, 5) is 20.2. The molecule has 5 heteroatoms. The average molecular weight is 256 g/mol. The number of amides is 1. The normalized spacial score (nSPS) is 12.6. The van der Waals surface area contributed by atoms with E-state index in [9.17, 15) is 4.79 Å². The first kappa shape index (κ1) is 13.9. The van der Waals surface area contributed by atoms with Crippen LogP contribution in [0.1, 0.15) is 56.3 Å². The molecule has 0 spiro atoms. The Labute approximate surface area is 107 Å². The van der Waals surface area contributed by atoms with Crippen LogP contribution in [-0.2, 0) is 0 Å². The van der Waals surface area contributed by atoms with Crippen LogP contribution in [0.4, 0.5) is 0 Å². The zero-order valence-electron chi connectivity index (χ0n) is 10.6. The smallest absolute Gasteiger partial charge is 0.271 e. The molecule has 0 bridgehead atoms. The summed E-state index contributed by atoms with van der Waals surface area (Å²) >= 11 is 5.94. The zero-order chi connectivity index (χ0) is 13.0. The van der Waals surface area contributed by atoms with Gasteiger partial charge in [0.15, 0.2) is 0 Å². The second kappa shape index (κ2) is 5.96. The Balaban J connectivity index is 2.96. The van der Waals surface area contributed by atoms with E-state index in [0.29, 0.717) is 5.82 Å². The molecule has 1 amide bonds. The van der Waals surface area contributed by atoms with Gasteiger partial charge in [-0.25, -0.2) is 9.97 Å². The van der Waals surface area contributed by atoms with E-state index >= 15 is 0 Å². The molecule has 4 nitrogen and oxygen atoms in total. The monoisotopic (exact) mass is 255 g/mol. The number of carbonyl (C=O) groups is 1. The van der Waals surface area contributed by atoms with Crippen molar-refractivity contribution in [1.29, 1.82) is 0 Å². The number of aromatic nitrogens is 2. The van der Waals surface area contributed by atoms with E-state index in [1.807, 2.05) is 27.7 Å². The van der Waals surface area contributed by atoms with Crippen molar-refractivity contribution in [3.63, 3.8) is 0 Å². The summed E-state index contributed by atoms with van der Waals surface area (Å²) < 4.78 is 0. The van der Waals surface area contributed by atoms with Gasteiger partial charge in [0.25, 0.3) is 5.91 Å². The third kappa shape index (κ3) is 3.66. The molecule has 17 heavy (non-hydrogen) atoms. The molecule has 0 radical (unpaired) electrons. The number of hydrogen-bond acceptors (Lipinski definition) is 3. The van der Waals surface area contributed by atoms with Crippen LogP contribution in [0.5, 0.6) is 0 Å². The van der Waals surface area contributed by atoms with E-state index in [4.69, 9.17) is 11.6 Å². The Hall–Kier alpha value is -1.16. The van der Waals surface area contributed by atoms with Crippen LogP contribution in [0.3, 0.4) is 0 Å². The summed E-state index contributed by atoms with van der Waals surface area (Å²) in [6, 6.07) is 0.107. The quantitative estimate of drug-likeness (QED) is 0.900. The van der Waals surface area contributed by atoms with Gasteiger partial charge in [0, 0.05) is 12.0 Å². The van der Waals surface area contributed by atoms with Crippen molar-refractivity contribution in [1.82, 2.24) is 15.3 Å². The van der Waals surface area contributed by atoms with Gasteiger partial charge >= 0.3 is 0 Å². The molecule has 1 unspecified atom stereocenters. The summed E-state index contributed by atoms with van der Waals surface area (Å²) in [7, 11) is 0. The van der Waals surface area contributed by atoms with E-state index < -0.39 is 0 Å². The predicted octanol–water partition coefficient (Wildman–Crippen LogP) is 2.78. The molecule has 0 fully saturated rings. The van der Waals surface area contributed by atoms with Gasteiger partial charge in [0.05, 0.1) is 11.2 Å². The Morgan fingerprint density at radius 3 is 2.65 bits per heavy atom. The molecule has 1 aromatic heterocycles. The SMILES string of the molecule is CCC(C)NC(=O)c1nc(C(C)C)ncc1Cl. The summed E-state index contributed by atoms with van der Waals surface area (Å²) in [6.45, 7) is 7.89. The van der Waals surface area contributed by atoms with Gasteiger partial charge in [0.2, 0.25) is 0 Å². The minimum absolute atomic E-state index is 0.107. The Morgan fingerprint density at radius 1 is 1.47 bits per heavy atom. The molecule has 1 heterocycles. The van der Waals surface area contributed by atoms with E-state index in [0.717, 1.165) is 6.42 Å². The van der Waals surface area contributed by atoms with E-state index in [2.05, 4.69) is 15.3 Å². The molecule has 0 saturated carbocycles. The van der Waals surface area contributed by atoms with Crippen molar-refractivity contribution < 1.29 is 4.79 Å². The predicted molar refractivity (Wildman–Crippen MR) is 68.4 cm³/mol. The van der Waals surface area contributed by atoms with Gasteiger partial charge in [0.1, 0.15) is 11.5 Å². The number of rotatable bonds is 4. The number of nitrogens with one attached hydrogen (secondary N) is 1. The minimum Gasteiger partial charge on any atom is -0.348 e. The lowest BCUT2D eigenvalue weighted by atomic mass is 10.2. The molecule has 94 valence electrons. The van der Waals surface area contributed by atoms with Crippen molar-refractivity contribution in [2.45, 2.75) is 46.1 Å². The summed E-state index contributed by atoms with van der Waals surface area (Å²) in [5.74, 6) is 0.555. The molecular formula is C12H18ClN3O. The fourth-order valence-corrected chi connectivity index (χ4v) is 1.39. The molecule has 0 aliphatic heterocycles. The molecule has 1 N–H and O–H groups in total. The van der Waals surface area contributed by atoms with Gasteiger partial charge < -0.3 is 5.32 Å². The first-order valence-corrected chi connectivity index (χ1v) is 6.16. The molecule has 0 aliphatic rings. The molecule has 1 aromatic rings. The molecule has 1 rings (SSSR count). The summed E-state index contributed by atoms with van der Waals surface area (Å²) in [6.07, 6.45) is 2.35. The van der Waals surface area contributed by atoms with Crippen molar-refractivity contribution in [3.8, 4) is 0 Å². The van der Waals surface area contributed by atoms with Crippen molar-refractivity contribution in [2.24, 2.45) is 0 Å². The van der Waals surface area contributed by atoms with Crippen molar-refractivity contribution in [3.05, 3.63) is 22.7 Å². The van der Waals surface area contributed by atoms with Crippen molar-refractivity contribution in [2.75, 3.05) is 0 Å². The number of nitrogens with zero attached hydrogens (tertiary/aromatic N) is 2. The van der Waals surface area contributed by atoms with E-state index in [1.165, 1.54) is 6.20 Å². The molecule has 0 aliphatic carbocycles. The first-order chi connectivity index (χ1) is 7.95. The third-order valence-corrected chi connectivity index (χ3v) is 2.76. The van der Waals surface area contributed by atoms with E-state index in [-0.39, 0.29) is 28.6 Å². The summed E-state index contributed by atoms with van der Waals surface area (Å²) in [5.41, 5.74) is 0.255. The maximum absolute atomic E-state index is 11.9. The Kier molecular flexibility index (Phi) is 4.87. The van der Waals surface area contributed by atoms with Crippen LogP contribution >= 0.6 is 11.6 Å². The highest BCUT2D eigenvalue weighted by molar-refractivity contribution is 6.33. The lowest BCUT2D eigenvalue weighted by Gasteiger charge is -2.12. The molecule has 0 aromatic carbocycles. The van der Waals surface area contributed by atoms with Crippen LogP contribution in [-0.4, -0.2) is 21.9 Å². The van der Waals surface area contributed by atoms with Crippen LogP contribution < -0.4 is 5.32 Å². The van der Waals surface area contributed by atoms with Gasteiger partial charge in [-0.05, 0) is 13.3 Å². The fourth-order valence-electron chi connectivity index (χ4n) is 1.21. The van der Waals surface area contributed by atoms with Crippen molar-refractivity contribution >= 4 is 17.5 Å². The van der Waals surface area contributed by atoms with Crippen LogP contribution in [0.2, 0.25) is 5.02 Å². The van der Waals surface area contributed by atoms with Crippen LogP contribution in [0.25, 0.3) is 0 Å². The lowest BCUT2D eigenvalue weighted by molar-refractivity contribution is 0.0934. The number of carbonyl (C=O) groups excluding carboxylic acids is 1. The minimum atomic E-state index is -0.242.